The summed E-state index contributed by atoms with van der Waals surface area (Å²) in [5.74, 6) is 0.975. The Labute approximate surface area is 150 Å². The third kappa shape index (κ3) is 3.44. The van der Waals surface area contributed by atoms with Gasteiger partial charge in [0.1, 0.15) is 5.00 Å². The first-order valence-electron chi connectivity index (χ1n) is 7.78. The van der Waals surface area contributed by atoms with E-state index in [4.69, 9.17) is 17.0 Å². The highest BCUT2D eigenvalue weighted by atomic mass is 32.1. The predicted octanol–water partition coefficient (Wildman–Crippen LogP) is 3.20. The van der Waals surface area contributed by atoms with Crippen LogP contribution in [0.3, 0.4) is 0 Å². The summed E-state index contributed by atoms with van der Waals surface area (Å²) in [6.45, 7) is 2.24. The van der Waals surface area contributed by atoms with Crippen LogP contribution in [0.2, 0.25) is 0 Å². The largest absolute Gasteiger partial charge is 0.465 e. The maximum Gasteiger partial charge on any atom is 0.341 e. The number of anilines is 2. The molecule has 2 heterocycles. The number of hydrogen-bond donors (Lipinski definition) is 2. The molecule has 0 aromatic carbocycles. The van der Waals surface area contributed by atoms with E-state index in [0.29, 0.717) is 22.4 Å². The quantitative estimate of drug-likeness (QED) is 0.644. The van der Waals surface area contributed by atoms with Gasteiger partial charge in [0.2, 0.25) is 0 Å². The van der Waals surface area contributed by atoms with Crippen molar-refractivity contribution in [3.8, 4) is 0 Å². The maximum absolute atomic E-state index is 12.3. The molecule has 0 radical (unpaired) electrons. The van der Waals surface area contributed by atoms with Gasteiger partial charge in [0, 0.05) is 24.2 Å². The van der Waals surface area contributed by atoms with Crippen LogP contribution in [-0.4, -0.2) is 28.0 Å². The number of aromatic nitrogens is 2. The van der Waals surface area contributed by atoms with Crippen molar-refractivity contribution in [2.75, 3.05) is 17.7 Å². The summed E-state index contributed by atoms with van der Waals surface area (Å²) in [6, 6.07) is 1.83. The third-order valence-electron chi connectivity index (χ3n) is 4.08. The zero-order valence-electron chi connectivity index (χ0n) is 13.9. The van der Waals surface area contributed by atoms with E-state index < -0.39 is 0 Å². The van der Waals surface area contributed by atoms with Crippen molar-refractivity contribution in [3.63, 3.8) is 0 Å². The first-order chi connectivity index (χ1) is 11.5. The number of esters is 1. The Bertz CT molecular complexity index is 781. The van der Waals surface area contributed by atoms with Crippen molar-refractivity contribution in [1.29, 1.82) is 0 Å². The van der Waals surface area contributed by atoms with Crippen molar-refractivity contribution in [2.45, 2.75) is 26.2 Å². The van der Waals surface area contributed by atoms with E-state index in [0.717, 1.165) is 29.8 Å². The van der Waals surface area contributed by atoms with Gasteiger partial charge in [-0.05, 0) is 43.0 Å². The first kappa shape index (κ1) is 16.9. The number of rotatable bonds is 3. The molecule has 1 aliphatic carbocycles. The van der Waals surface area contributed by atoms with E-state index in [9.17, 15) is 4.79 Å². The normalized spacial score (nSPS) is 16.4. The van der Waals surface area contributed by atoms with Gasteiger partial charge in [0.15, 0.2) is 10.9 Å². The fraction of sp³-hybridized carbons (Fsp3) is 0.438. The minimum atomic E-state index is -0.315. The number of nitrogens with one attached hydrogen (secondary N) is 2. The van der Waals surface area contributed by atoms with Gasteiger partial charge < -0.3 is 15.4 Å². The van der Waals surface area contributed by atoms with E-state index in [2.05, 4.69) is 22.7 Å². The number of nitrogens with zero attached hydrogens (tertiary/aromatic N) is 2. The molecule has 1 unspecified atom stereocenters. The minimum Gasteiger partial charge on any atom is -0.465 e. The van der Waals surface area contributed by atoms with Crippen LogP contribution in [0, 0.1) is 5.92 Å². The molecule has 2 aromatic heterocycles. The average Bonchev–Trinajstić information content (AvgIpc) is 3.09. The van der Waals surface area contributed by atoms with Crippen LogP contribution in [0.1, 0.15) is 34.1 Å². The molecule has 8 heteroatoms. The van der Waals surface area contributed by atoms with Crippen molar-refractivity contribution in [2.24, 2.45) is 13.0 Å². The smallest absolute Gasteiger partial charge is 0.341 e. The van der Waals surface area contributed by atoms with E-state index >= 15 is 0 Å². The van der Waals surface area contributed by atoms with E-state index in [-0.39, 0.29) is 5.97 Å². The number of aryl methyl sites for hydroxylation is 1. The van der Waals surface area contributed by atoms with E-state index in [1.54, 1.807) is 16.0 Å². The predicted molar refractivity (Wildman–Crippen MR) is 99.9 cm³/mol. The average molecular weight is 364 g/mol. The highest BCUT2D eigenvalue weighted by molar-refractivity contribution is 7.80. The molecule has 0 aliphatic heterocycles. The van der Waals surface area contributed by atoms with Crippen LogP contribution in [0.5, 0.6) is 0 Å². The topological polar surface area (TPSA) is 68.2 Å². The Morgan fingerprint density at radius 2 is 2.29 bits per heavy atom. The van der Waals surface area contributed by atoms with E-state index in [1.807, 2.05) is 19.3 Å². The molecule has 0 saturated heterocycles. The molecule has 2 N–H and O–H groups in total. The second kappa shape index (κ2) is 6.90. The minimum absolute atomic E-state index is 0.315. The summed E-state index contributed by atoms with van der Waals surface area (Å²) in [5, 5.41) is 11.6. The SMILES string of the molecule is COC(=O)c1c(NC(=S)Nc2ccn(C)n2)sc2c1CCC(C)C2. The molecular weight excluding hydrogens is 344 g/mol. The van der Waals surface area contributed by atoms with Gasteiger partial charge in [0.05, 0.1) is 12.7 Å². The van der Waals surface area contributed by atoms with Gasteiger partial charge in [-0.3, -0.25) is 4.68 Å². The van der Waals surface area contributed by atoms with Crippen LogP contribution < -0.4 is 10.6 Å². The molecule has 0 fully saturated rings. The highest BCUT2D eigenvalue weighted by Crippen LogP contribution is 2.40. The summed E-state index contributed by atoms with van der Waals surface area (Å²) >= 11 is 6.95. The number of carbonyl (C=O) groups excluding carboxylic acids is 1. The van der Waals surface area contributed by atoms with Crippen LogP contribution >= 0.6 is 23.6 Å². The Morgan fingerprint density at radius 3 is 2.96 bits per heavy atom. The van der Waals surface area contributed by atoms with Gasteiger partial charge in [-0.2, -0.15) is 5.10 Å². The second-order valence-electron chi connectivity index (χ2n) is 6.00. The van der Waals surface area contributed by atoms with Gasteiger partial charge in [-0.1, -0.05) is 6.92 Å². The lowest BCUT2D eigenvalue weighted by Gasteiger charge is -2.18. The molecule has 0 bridgehead atoms. The van der Waals surface area contributed by atoms with Crippen LogP contribution in [-0.2, 0) is 24.6 Å². The van der Waals surface area contributed by atoms with Crippen LogP contribution in [0.15, 0.2) is 12.3 Å². The summed E-state index contributed by atoms with van der Waals surface area (Å²) < 4.78 is 6.67. The fourth-order valence-electron chi connectivity index (χ4n) is 2.89. The molecule has 24 heavy (non-hydrogen) atoms. The zero-order chi connectivity index (χ0) is 17.3. The van der Waals surface area contributed by atoms with Gasteiger partial charge in [-0.25, -0.2) is 4.79 Å². The second-order valence-corrected chi connectivity index (χ2v) is 7.51. The number of hydrogen-bond acceptors (Lipinski definition) is 5. The first-order valence-corrected chi connectivity index (χ1v) is 9.01. The van der Waals surface area contributed by atoms with Crippen molar-refractivity contribution in [3.05, 3.63) is 28.3 Å². The maximum atomic E-state index is 12.3. The van der Waals surface area contributed by atoms with Crippen molar-refractivity contribution < 1.29 is 9.53 Å². The number of fused-ring (bicyclic) bond motifs is 1. The lowest BCUT2D eigenvalue weighted by atomic mass is 9.88. The summed E-state index contributed by atoms with van der Waals surface area (Å²) in [5.41, 5.74) is 1.72. The summed E-state index contributed by atoms with van der Waals surface area (Å²) in [4.78, 5) is 13.5. The number of ether oxygens (including phenoxy) is 1. The van der Waals surface area contributed by atoms with Crippen LogP contribution in [0.4, 0.5) is 10.8 Å². The molecule has 128 valence electrons. The zero-order valence-corrected chi connectivity index (χ0v) is 15.5. The number of carbonyl (C=O) groups is 1. The van der Waals surface area contributed by atoms with Crippen molar-refractivity contribution >= 4 is 45.5 Å². The molecule has 0 amide bonds. The van der Waals surface area contributed by atoms with Gasteiger partial charge >= 0.3 is 5.97 Å². The van der Waals surface area contributed by atoms with Crippen molar-refractivity contribution in [1.82, 2.24) is 9.78 Å². The number of thiophene rings is 1. The Balaban J connectivity index is 1.84. The standard InChI is InChI=1S/C16H20N4O2S2/c1-9-4-5-10-11(8-9)24-14(13(10)15(21)22-3)18-16(23)17-12-6-7-20(2)19-12/h6-7,9H,4-5,8H2,1-3H3,(H2,17,18,19,23). The Kier molecular flexibility index (Phi) is 4.86. The van der Waals surface area contributed by atoms with Gasteiger partial charge in [-0.15, -0.1) is 11.3 Å². The number of thiocarbonyl (C=S) groups is 1. The molecular formula is C16H20N4O2S2. The molecule has 1 aliphatic rings. The molecule has 0 saturated carbocycles. The monoisotopic (exact) mass is 364 g/mol. The Hall–Kier alpha value is -1.93. The summed E-state index contributed by atoms with van der Waals surface area (Å²) in [7, 11) is 3.25. The van der Waals surface area contributed by atoms with Crippen LogP contribution in [0.25, 0.3) is 0 Å². The molecule has 0 spiro atoms. The molecule has 1 atom stereocenters. The highest BCUT2D eigenvalue weighted by Gasteiger charge is 2.28. The fourth-order valence-corrected chi connectivity index (χ4v) is 4.56. The molecule has 6 nitrogen and oxygen atoms in total. The molecule has 2 aromatic rings. The van der Waals surface area contributed by atoms with E-state index in [1.165, 1.54) is 12.0 Å². The lowest BCUT2D eigenvalue weighted by Crippen LogP contribution is -2.20. The number of methoxy groups -OCH3 is 1. The summed E-state index contributed by atoms with van der Waals surface area (Å²) in [6.07, 6.45) is 4.81. The Morgan fingerprint density at radius 1 is 1.50 bits per heavy atom. The lowest BCUT2D eigenvalue weighted by molar-refractivity contribution is 0.0601. The molecule has 3 rings (SSSR count). The van der Waals surface area contributed by atoms with Gasteiger partial charge in [0.25, 0.3) is 0 Å². The third-order valence-corrected chi connectivity index (χ3v) is 5.46.